The van der Waals surface area contributed by atoms with Crippen LogP contribution in [0.25, 0.3) is 0 Å². The number of hydrogen-bond acceptors (Lipinski definition) is 4. The summed E-state index contributed by atoms with van der Waals surface area (Å²) in [6, 6.07) is 8.34. The largest absolute Gasteiger partial charge is 0.356 e. The fourth-order valence-corrected chi connectivity index (χ4v) is 4.41. The predicted octanol–water partition coefficient (Wildman–Crippen LogP) is 2.98. The van der Waals surface area contributed by atoms with Gasteiger partial charge < -0.3 is 10.6 Å². The minimum absolute atomic E-state index is 0.117. The molecule has 1 aromatic carbocycles. The SMILES string of the molecule is CN=C(NCc1cc(F)ccc1CS(C)(=O)=O)NCC(C)Cc1cccs1. The van der Waals surface area contributed by atoms with Crippen LogP contribution in [0, 0.1) is 11.7 Å². The van der Waals surface area contributed by atoms with Gasteiger partial charge in [-0.2, -0.15) is 0 Å². The summed E-state index contributed by atoms with van der Waals surface area (Å²) < 4.78 is 36.8. The molecule has 148 valence electrons. The molecule has 0 saturated heterocycles. The third-order valence-electron chi connectivity index (χ3n) is 4.00. The van der Waals surface area contributed by atoms with E-state index in [-0.39, 0.29) is 5.75 Å². The van der Waals surface area contributed by atoms with Crippen molar-refractivity contribution in [2.24, 2.45) is 10.9 Å². The second kappa shape index (κ2) is 9.85. The van der Waals surface area contributed by atoms with Gasteiger partial charge in [-0.05, 0) is 47.0 Å². The van der Waals surface area contributed by atoms with Gasteiger partial charge >= 0.3 is 0 Å². The molecular weight excluding hydrogens is 385 g/mol. The molecule has 0 saturated carbocycles. The zero-order chi connectivity index (χ0) is 19.9. The van der Waals surface area contributed by atoms with Gasteiger partial charge in [0.15, 0.2) is 15.8 Å². The topological polar surface area (TPSA) is 70.6 Å². The quantitative estimate of drug-likeness (QED) is 0.518. The first-order valence-electron chi connectivity index (χ1n) is 8.68. The zero-order valence-electron chi connectivity index (χ0n) is 15.8. The first kappa shape index (κ1) is 21.4. The molecular formula is C19H26FN3O2S2. The smallest absolute Gasteiger partial charge is 0.191 e. The molecule has 1 aromatic heterocycles. The highest BCUT2D eigenvalue weighted by Crippen LogP contribution is 2.15. The average molecular weight is 412 g/mol. The number of aliphatic imine (C=N–C) groups is 1. The maximum absolute atomic E-state index is 13.6. The highest BCUT2D eigenvalue weighted by atomic mass is 32.2. The van der Waals surface area contributed by atoms with Gasteiger partial charge in [0.1, 0.15) is 5.82 Å². The van der Waals surface area contributed by atoms with Crippen molar-refractivity contribution in [1.82, 2.24) is 10.6 Å². The number of thiophene rings is 1. The molecule has 0 aliphatic rings. The molecule has 2 aromatic rings. The monoisotopic (exact) mass is 411 g/mol. The molecule has 27 heavy (non-hydrogen) atoms. The molecule has 0 bridgehead atoms. The number of benzene rings is 1. The minimum atomic E-state index is -3.20. The highest BCUT2D eigenvalue weighted by molar-refractivity contribution is 7.89. The Morgan fingerprint density at radius 3 is 2.67 bits per heavy atom. The number of halogens is 1. The van der Waals surface area contributed by atoms with Crippen LogP contribution in [0.4, 0.5) is 4.39 Å². The van der Waals surface area contributed by atoms with Crippen molar-refractivity contribution in [3.63, 3.8) is 0 Å². The maximum Gasteiger partial charge on any atom is 0.191 e. The summed E-state index contributed by atoms with van der Waals surface area (Å²) in [5, 5.41) is 8.47. The molecule has 1 heterocycles. The van der Waals surface area contributed by atoms with Crippen molar-refractivity contribution in [3.8, 4) is 0 Å². The Kier molecular flexibility index (Phi) is 7.79. The Hall–Kier alpha value is -1.93. The third-order valence-corrected chi connectivity index (χ3v) is 5.74. The number of nitrogens with one attached hydrogen (secondary N) is 2. The summed E-state index contributed by atoms with van der Waals surface area (Å²) in [6.07, 6.45) is 2.16. The van der Waals surface area contributed by atoms with Crippen LogP contribution in [0.1, 0.15) is 22.9 Å². The second-order valence-corrected chi connectivity index (χ2v) is 9.85. The van der Waals surface area contributed by atoms with Gasteiger partial charge in [-0.1, -0.05) is 19.1 Å². The van der Waals surface area contributed by atoms with E-state index in [9.17, 15) is 12.8 Å². The van der Waals surface area contributed by atoms with Crippen LogP contribution in [0.2, 0.25) is 0 Å². The molecule has 1 atom stereocenters. The molecule has 2 N–H and O–H groups in total. The lowest BCUT2D eigenvalue weighted by Crippen LogP contribution is -2.39. The van der Waals surface area contributed by atoms with E-state index in [1.54, 1.807) is 18.4 Å². The van der Waals surface area contributed by atoms with E-state index in [2.05, 4.69) is 34.0 Å². The van der Waals surface area contributed by atoms with Crippen molar-refractivity contribution in [1.29, 1.82) is 0 Å². The van der Waals surface area contributed by atoms with Crippen molar-refractivity contribution >= 4 is 27.1 Å². The van der Waals surface area contributed by atoms with E-state index in [1.807, 2.05) is 6.07 Å². The fourth-order valence-electron chi connectivity index (χ4n) is 2.70. The van der Waals surface area contributed by atoms with Gasteiger partial charge in [0, 0.05) is 31.3 Å². The van der Waals surface area contributed by atoms with E-state index in [4.69, 9.17) is 0 Å². The number of hydrogen-bond donors (Lipinski definition) is 2. The Morgan fingerprint density at radius 2 is 2.04 bits per heavy atom. The summed E-state index contributed by atoms with van der Waals surface area (Å²) in [5.41, 5.74) is 1.20. The van der Waals surface area contributed by atoms with E-state index < -0.39 is 15.7 Å². The van der Waals surface area contributed by atoms with E-state index in [0.717, 1.165) is 13.0 Å². The molecule has 8 heteroatoms. The first-order chi connectivity index (χ1) is 12.8. The van der Waals surface area contributed by atoms with Crippen LogP contribution in [0.3, 0.4) is 0 Å². The van der Waals surface area contributed by atoms with Crippen molar-refractivity contribution in [3.05, 3.63) is 57.5 Å². The highest BCUT2D eigenvalue weighted by Gasteiger charge is 2.12. The van der Waals surface area contributed by atoms with Crippen LogP contribution >= 0.6 is 11.3 Å². The van der Waals surface area contributed by atoms with Crippen molar-refractivity contribution in [2.75, 3.05) is 19.8 Å². The summed E-state index contributed by atoms with van der Waals surface area (Å²) in [7, 11) is -1.53. The second-order valence-electron chi connectivity index (χ2n) is 6.68. The lowest BCUT2D eigenvalue weighted by molar-refractivity contribution is 0.561. The molecule has 5 nitrogen and oxygen atoms in total. The van der Waals surface area contributed by atoms with E-state index in [1.165, 1.54) is 29.3 Å². The van der Waals surface area contributed by atoms with Gasteiger partial charge in [0.05, 0.1) is 5.75 Å². The van der Waals surface area contributed by atoms with Crippen LogP contribution in [0.5, 0.6) is 0 Å². The number of rotatable bonds is 8. The van der Waals surface area contributed by atoms with Gasteiger partial charge in [0.25, 0.3) is 0 Å². The van der Waals surface area contributed by atoms with Crippen LogP contribution < -0.4 is 10.6 Å². The molecule has 0 amide bonds. The van der Waals surface area contributed by atoms with Gasteiger partial charge in [0.2, 0.25) is 0 Å². The van der Waals surface area contributed by atoms with E-state index >= 15 is 0 Å². The molecule has 0 aliphatic carbocycles. The van der Waals surface area contributed by atoms with Gasteiger partial charge in [-0.3, -0.25) is 4.99 Å². The lowest BCUT2D eigenvalue weighted by Gasteiger charge is -2.17. The third kappa shape index (κ3) is 7.68. The van der Waals surface area contributed by atoms with Crippen molar-refractivity contribution < 1.29 is 12.8 Å². The Bertz CT molecular complexity index is 865. The minimum Gasteiger partial charge on any atom is -0.356 e. The molecule has 2 rings (SSSR count). The summed E-state index contributed by atoms with van der Waals surface area (Å²) in [4.78, 5) is 5.53. The summed E-state index contributed by atoms with van der Waals surface area (Å²) in [5.74, 6) is 0.519. The van der Waals surface area contributed by atoms with Crippen LogP contribution in [-0.2, 0) is 28.6 Å². The van der Waals surface area contributed by atoms with Gasteiger partial charge in [-0.25, -0.2) is 12.8 Å². The molecule has 1 unspecified atom stereocenters. The molecule has 0 spiro atoms. The summed E-state index contributed by atoms with van der Waals surface area (Å²) >= 11 is 1.75. The maximum atomic E-state index is 13.6. The van der Waals surface area contributed by atoms with Crippen LogP contribution in [-0.4, -0.2) is 34.2 Å². The van der Waals surface area contributed by atoms with Crippen molar-refractivity contribution in [2.45, 2.75) is 25.6 Å². The summed E-state index contributed by atoms with van der Waals surface area (Å²) in [6.45, 7) is 3.20. The predicted molar refractivity (Wildman–Crippen MR) is 110 cm³/mol. The number of sulfone groups is 1. The number of nitrogens with zero attached hydrogens (tertiary/aromatic N) is 1. The molecule has 0 aliphatic heterocycles. The molecule has 0 fully saturated rings. The Morgan fingerprint density at radius 1 is 1.26 bits per heavy atom. The first-order valence-corrected chi connectivity index (χ1v) is 11.6. The van der Waals surface area contributed by atoms with Crippen LogP contribution in [0.15, 0.2) is 40.7 Å². The zero-order valence-corrected chi connectivity index (χ0v) is 17.5. The standard InChI is InChI=1S/C19H26FN3O2S2/c1-14(9-18-5-4-8-26-18)11-22-19(21-2)23-12-16-10-17(20)7-6-15(16)13-27(3,24)25/h4-8,10,14H,9,11-13H2,1-3H3,(H2,21,22,23). The molecule has 0 radical (unpaired) electrons. The van der Waals surface area contributed by atoms with Gasteiger partial charge in [-0.15, -0.1) is 11.3 Å². The Balaban J connectivity index is 1.92. The van der Waals surface area contributed by atoms with E-state index in [0.29, 0.717) is 29.5 Å². The normalized spacial score (nSPS) is 13.4. The Labute approximate surface area is 164 Å². The fraction of sp³-hybridized carbons (Fsp3) is 0.421. The lowest BCUT2D eigenvalue weighted by atomic mass is 10.1. The average Bonchev–Trinajstić information content (AvgIpc) is 3.09. The number of guanidine groups is 1.